The second kappa shape index (κ2) is 6.02. The van der Waals surface area contributed by atoms with Gasteiger partial charge in [-0.3, -0.25) is 4.57 Å². The smallest absolute Gasteiger partial charge is 0.298 e. The molecule has 0 bridgehead atoms. The van der Waals surface area contributed by atoms with Crippen molar-refractivity contribution in [3.05, 3.63) is 35.5 Å². The maximum absolute atomic E-state index is 13.1. The minimum atomic E-state index is -4.63. The summed E-state index contributed by atoms with van der Waals surface area (Å²) in [5, 5.41) is 22.2. The highest BCUT2D eigenvalue weighted by atomic mass is 32.2. The quantitative estimate of drug-likeness (QED) is 0.508. The number of aromatic nitrogens is 7. The van der Waals surface area contributed by atoms with Crippen LogP contribution in [0.5, 0.6) is 0 Å². The number of halogens is 3. The zero-order valence-electron chi connectivity index (χ0n) is 13.5. The van der Waals surface area contributed by atoms with Crippen LogP contribution in [-0.2, 0) is 6.18 Å². The first-order valence-electron chi connectivity index (χ1n) is 7.97. The molecule has 1 saturated carbocycles. The minimum absolute atomic E-state index is 0.0367. The summed E-state index contributed by atoms with van der Waals surface area (Å²) in [7, 11) is 0. The van der Waals surface area contributed by atoms with Gasteiger partial charge in [-0.25, -0.2) is 0 Å². The summed E-state index contributed by atoms with van der Waals surface area (Å²) in [5.41, 5.74) is 0.0367. The summed E-state index contributed by atoms with van der Waals surface area (Å²) < 4.78 is 41.9. The molecule has 0 N–H and O–H groups in total. The highest BCUT2D eigenvalue weighted by molar-refractivity contribution is 7.99. The van der Waals surface area contributed by atoms with E-state index in [0.29, 0.717) is 20.7 Å². The molecule has 12 heteroatoms. The summed E-state index contributed by atoms with van der Waals surface area (Å²) in [5.74, 6) is -0.376. The maximum atomic E-state index is 13.1. The van der Waals surface area contributed by atoms with Crippen molar-refractivity contribution >= 4 is 28.7 Å². The molecule has 138 valence electrons. The SMILES string of the molecule is FC(F)(F)c1nnc2ccc(Sc3nnc(-c4cccs4)n3C3CC3)nn12. The minimum Gasteiger partial charge on any atom is -0.298 e. The Labute approximate surface area is 158 Å². The number of thiophene rings is 1. The lowest BCUT2D eigenvalue weighted by atomic mass is 10.4. The Kier molecular flexibility index (Phi) is 3.72. The van der Waals surface area contributed by atoms with E-state index >= 15 is 0 Å². The molecule has 0 aromatic carbocycles. The van der Waals surface area contributed by atoms with Crippen molar-refractivity contribution in [1.82, 2.24) is 34.6 Å². The molecule has 4 heterocycles. The van der Waals surface area contributed by atoms with Gasteiger partial charge in [0.15, 0.2) is 16.6 Å². The number of rotatable bonds is 4. The lowest BCUT2D eigenvalue weighted by molar-refractivity contribution is -0.146. The molecule has 5 rings (SSSR count). The highest BCUT2D eigenvalue weighted by Crippen LogP contribution is 2.42. The molecule has 1 aliphatic carbocycles. The first-order chi connectivity index (χ1) is 13.0. The van der Waals surface area contributed by atoms with Crippen molar-refractivity contribution < 1.29 is 13.2 Å². The molecular weight excluding hydrogens is 399 g/mol. The van der Waals surface area contributed by atoms with Crippen molar-refractivity contribution in [3.8, 4) is 10.7 Å². The summed E-state index contributed by atoms with van der Waals surface area (Å²) in [6.45, 7) is 0. The van der Waals surface area contributed by atoms with Crippen LogP contribution in [0.3, 0.4) is 0 Å². The van der Waals surface area contributed by atoms with E-state index in [1.54, 1.807) is 17.4 Å². The Morgan fingerprint density at radius 2 is 1.93 bits per heavy atom. The largest absolute Gasteiger partial charge is 0.453 e. The first kappa shape index (κ1) is 16.7. The van der Waals surface area contributed by atoms with Gasteiger partial charge in [-0.1, -0.05) is 6.07 Å². The van der Waals surface area contributed by atoms with Gasteiger partial charge in [-0.05, 0) is 48.2 Å². The predicted molar refractivity (Wildman–Crippen MR) is 91.5 cm³/mol. The Bertz CT molecular complexity index is 1110. The molecule has 27 heavy (non-hydrogen) atoms. The highest BCUT2D eigenvalue weighted by Gasteiger charge is 2.38. The topological polar surface area (TPSA) is 73.8 Å². The molecule has 0 atom stereocenters. The van der Waals surface area contributed by atoms with Crippen LogP contribution in [0.4, 0.5) is 13.2 Å². The van der Waals surface area contributed by atoms with E-state index in [-0.39, 0.29) is 5.65 Å². The van der Waals surface area contributed by atoms with Crippen LogP contribution in [0.2, 0.25) is 0 Å². The molecule has 7 nitrogen and oxygen atoms in total. The van der Waals surface area contributed by atoms with Crippen molar-refractivity contribution in [1.29, 1.82) is 0 Å². The van der Waals surface area contributed by atoms with Crippen LogP contribution in [-0.4, -0.2) is 34.6 Å². The normalized spacial score (nSPS) is 14.9. The maximum Gasteiger partial charge on any atom is 0.453 e. The molecule has 4 aromatic rings. The Hall–Kier alpha value is -2.47. The standard InChI is InChI=1S/C15H10F3N7S2/c16-15(17,18)13-21-19-10-5-6-11(23-25(10)13)27-14-22-20-12(9-2-1-7-26-9)24(14)8-3-4-8/h1-2,5-8H,3-4H2. The molecule has 0 saturated heterocycles. The third-order valence-corrected chi connectivity index (χ3v) is 5.76. The van der Waals surface area contributed by atoms with E-state index in [0.717, 1.165) is 23.5 Å². The fourth-order valence-corrected chi connectivity index (χ4v) is 4.25. The van der Waals surface area contributed by atoms with E-state index in [4.69, 9.17) is 0 Å². The second-order valence-corrected chi connectivity index (χ2v) is 7.88. The van der Waals surface area contributed by atoms with Crippen molar-refractivity contribution in [2.24, 2.45) is 0 Å². The van der Waals surface area contributed by atoms with E-state index < -0.39 is 12.0 Å². The Morgan fingerprint density at radius 3 is 2.63 bits per heavy atom. The molecular formula is C15H10F3N7S2. The summed E-state index contributed by atoms with van der Waals surface area (Å²) >= 11 is 2.75. The molecule has 1 aliphatic rings. The fraction of sp³-hybridized carbons (Fsp3) is 0.267. The van der Waals surface area contributed by atoms with Gasteiger partial charge in [0.25, 0.3) is 5.82 Å². The van der Waals surface area contributed by atoms with Crippen LogP contribution in [0.1, 0.15) is 24.7 Å². The van der Waals surface area contributed by atoms with Gasteiger partial charge in [0.05, 0.1) is 4.88 Å². The number of alkyl halides is 3. The van der Waals surface area contributed by atoms with Gasteiger partial charge in [-0.15, -0.1) is 31.7 Å². The zero-order valence-corrected chi connectivity index (χ0v) is 15.1. The van der Waals surface area contributed by atoms with Gasteiger partial charge in [0, 0.05) is 6.04 Å². The number of hydrogen-bond donors (Lipinski definition) is 0. The third-order valence-electron chi connectivity index (χ3n) is 4.01. The molecule has 0 amide bonds. The predicted octanol–water partition coefficient (Wildman–Crippen LogP) is 3.95. The third kappa shape index (κ3) is 2.98. The fourth-order valence-electron chi connectivity index (χ4n) is 2.68. The van der Waals surface area contributed by atoms with Crippen molar-refractivity contribution in [2.45, 2.75) is 35.2 Å². The average Bonchev–Trinajstić information content (AvgIpc) is 3.03. The van der Waals surface area contributed by atoms with E-state index in [1.165, 1.54) is 17.8 Å². The number of fused-ring (bicyclic) bond motifs is 1. The number of hydrogen-bond acceptors (Lipinski definition) is 7. The molecule has 4 aromatic heterocycles. The average molecular weight is 409 g/mol. The lowest BCUT2D eigenvalue weighted by Crippen LogP contribution is -2.12. The summed E-state index contributed by atoms with van der Waals surface area (Å²) in [6, 6.07) is 7.28. The Balaban J connectivity index is 1.54. The molecule has 0 radical (unpaired) electrons. The summed E-state index contributed by atoms with van der Waals surface area (Å²) in [4.78, 5) is 1.00. The van der Waals surface area contributed by atoms with Crippen molar-refractivity contribution in [2.75, 3.05) is 0 Å². The second-order valence-electron chi connectivity index (χ2n) is 5.95. The van der Waals surface area contributed by atoms with Gasteiger partial charge < -0.3 is 0 Å². The van der Waals surface area contributed by atoms with Gasteiger partial charge in [-0.2, -0.15) is 22.8 Å². The molecule has 0 aliphatic heterocycles. The van der Waals surface area contributed by atoms with Gasteiger partial charge in [0.2, 0.25) is 0 Å². The van der Waals surface area contributed by atoms with E-state index in [9.17, 15) is 13.2 Å². The van der Waals surface area contributed by atoms with Crippen LogP contribution < -0.4 is 0 Å². The van der Waals surface area contributed by atoms with E-state index in [2.05, 4.69) is 25.5 Å². The van der Waals surface area contributed by atoms with Crippen molar-refractivity contribution in [3.63, 3.8) is 0 Å². The van der Waals surface area contributed by atoms with Crippen LogP contribution in [0.15, 0.2) is 39.8 Å². The summed E-state index contributed by atoms with van der Waals surface area (Å²) in [6.07, 6.45) is -2.57. The first-order valence-corrected chi connectivity index (χ1v) is 9.66. The van der Waals surface area contributed by atoms with Crippen LogP contribution in [0.25, 0.3) is 16.3 Å². The van der Waals surface area contributed by atoms with Gasteiger partial charge >= 0.3 is 6.18 Å². The van der Waals surface area contributed by atoms with E-state index in [1.807, 2.05) is 22.1 Å². The Morgan fingerprint density at radius 1 is 1.07 bits per heavy atom. The molecule has 0 spiro atoms. The zero-order chi connectivity index (χ0) is 18.6. The van der Waals surface area contributed by atoms with Gasteiger partial charge in [0.1, 0.15) is 5.03 Å². The molecule has 1 fully saturated rings. The monoisotopic (exact) mass is 409 g/mol. The van der Waals surface area contributed by atoms with Crippen LogP contribution >= 0.6 is 23.1 Å². The van der Waals surface area contributed by atoms with Crippen LogP contribution in [0, 0.1) is 0 Å². The number of nitrogens with zero attached hydrogens (tertiary/aromatic N) is 7. The molecule has 0 unspecified atom stereocenters. The lowest BCUT2D eigenvalue weighted by Gasteiger charge is -2.08.